The predicted molar refractivity (Wildman–Crippen MR) is 79.4 cm³/mol. The van der Waals surface area contributed by atoms with Crippen molar-refractivity contribution in [3.8, 4) is 0 Å². The van der Waals surface area contributed by atoms with Gasteiger partial charge in [-0.1, -0.05) is 26.2 Å². The quantitative estimate of drug-likeness (QED) is 0.297. The highest BCUT2D eigenvalue weighted by atomic mass is 16.1. The van der Waals surface area contributed by atoms with Gasteiger partial charge in [0.2, 0.25) is 18.2 Å². The maximum absolute atomic E-state index is 10.4. The molecule has 21 heavy (non-hydrogen) atoms. The maximum Gasteiger partial charge on any atom is 0.235 e. The van der Waals surface area contributed by atoms with Crippen molar-refractivity contribution in [1.29, 1.82) is 0 Å². The summed E-state index contributed by atoms with van der Waals surface area (Å²) in [5.74, 6) is 0.418. The van der Waals surface area contributed by atoms with E-state index in [1.807, 2.05) is 0 Å². The van der Waals surface area contributed by atoms with Gasteiger partial charge in [-0.25, -0.2) is 29.4 Å². The molecule has 0 aliphatic heterocycles. The third kappa shape index (κ3) is 11.6. The van der Waals surface area contributed by atoms with E-state index in [1.165, 1.54) is 6.08 Å². The van der Waals surface area contributed by atoms with Gasteiger partial charge in [-0.15, -0.1) is 0 Å². The summed E-state index contributed by atoms with van der Waals surface area (Å²) in [6.07, 6.45) is 10.9. The molecule has 0 saturated carbocycles. The molecule has 0 aliphatic rings. The van der Waals surface area contributed by atoms with Gasteiger partial charge in [-0.05, 0) is 31.6 Å². The zero-order chi connectivity index (χ0) is 15.8. The average molecular weight is 293 g/mol. The summed E-state index contributed by atoms with van der Waals surface area (Å²) in [6.45, 7) is 3.05. The van der Waals surface area contributed by atoms with Gasteiger partial charge < -0.3 is 0 Å². The van der Waals surface area contributed by atoms with Crippen LogP contribution in [-0.4, -0.2) is 37.4 Å². The van der Waals surface area contributed by atoms with Crippen molar-refractivity contribution in [2.45, 2.75) is 57.9 Å². The summed E-state index contributed by atoms with van der Waals surface area (Å²) < 4.78 is 0. The van der Waals surface area contributed by atoms with Gasteiger partial charge >= 0.3 is 0 Å². The van der Waals surface area contributed by atoms with Gasteiger partial charge in [-0.3, -0.25) is 0 Å². The monoisotopic (exact) mass is 293 g/mol. The lowest BCUT2D eigenvalue weighted by atomic mass is 9.97. The summed E-state index contributed by atoms with van der Waals surface area (Å²) in [5, 5.41) is 0. The minimum atomic E-state index is -0.0441. The Morgan fingerprint density at radius 2 is 1.52 bits per heavy atom. The SMILES string of the molecule is CCC(CCCCC(CCCN=C=O)N=C=O)CN=C=O. The predicted octanol–water partition coefficient (Wildman–Crippen LogP) is 2.73. The smallest absolute Gasteiger partial charge is 0.211 e. The standard InChI is InChI=1S/C15H23N3O3/c1-2-14(10-17-12-20)6-3-4-7-15(18-13-21)8-5-9-16-11-19/h14-15H,2-10H2,1H3. The lowest BCUT2D eigenvalue weighted by Crippen LogP contribution is -2.07. The van der Waals surface area contributed by atoms with E-state index in [2.05, 4.69) is 21.9 Å². The van der Waals surface area contributed by atoms with E-state index in [0.717, 1.165) is 44.9 Å². The molecule has 0 rings (SSSR count). The number of hydrogen-bond acceptors (Lipinski definition) is 6. The zero-order valence-electron chi connectivity index (χ0n) is 12.6. The Bertz CT molecular complexity index is 406. The van der Waals surface area contributed by atoms with Crippen molar-refractivity contribution < 1.29 is 14.4 Å². The molecule has 0 N–H and O–H groups in total. The van der Waals surface area contributed by atoms with Crippen LogP contribution in [0.2, 0.25) is 0 Å². The number of carbonyl (C=O) groups excluding carboxylic acids is 3. The fourth-order valence-electron chi connectivity index (χ4n) is 2.20. The van der Waals surface area contributed by atoms with E-state index in [4.69, 9.17) is 0 Å². The van der Waals surface area contributed by atoms with Gasteiger partial charge in [0, 0.05) is 0 Å². The Balaban J connectivity index is 3.93. The first-order valence-corrected chi connectivity index (χ1v) is 7.42. The van der Waals surface area contributed by atoms with Crippen molar-refractivity contribution in [3.63, 3.8) is 0 Å². The average Bonchev–Trinajstić information content (AvgIpc) is 2.50. The van der Waals surface area contributed by atoms with Gasteiger partial charge in [0.25, 0.3) is 0 Å². The molecule has 0 heterocycles. The summed E-state index contributed by atoms with van der Waals surface area (Å²) in [7, 11) is 0. The third-order valence-corrected chi connectivity index (χ3v) is 3.50. The molecule has 0 radical (unpaired) electrons. The molecule has 6 nitrogen and oxygen atoms in total. The Hall–Kier alpha value is -1.86. The molecule has 116 valence electrons. The number of unbranched alkanes of at least 4 members (excludes halogenated alkanes) is 1. The van der Waals surface area contributed by atoms with Crippen LogP contribution in [0, 0.1) is 5.92 Å². The second-order valence-electron chi connectivity index (χ2n) is 4.98. The number of nitrogens with zero attached hydrogens (tertiary/aromatic N) is 3. The van der Waals surface area contributed by atoms with Crippen molar-refractivity contribution in [1.82, 2.24) is 0 Å². The van der Waals surface area contributed by atoms with E-state index >= 15 is 0 Å². The lowest BCUT2D eigenvalue weighted by Gasteiger charge is -2.13. The number of hydrogen-bond donors (Lipinski definition) is 0. The van der Waals surface area contributed by atoms with Crippen LogP contribution >= 0.6 is 0 Å². The molecule has 0 aromatic carbocycles. The Morgan fingerprint density at radius 1 is 0.857 bits per heavy atom. The molecule has 0 amide bonds. The van der Waals surface area contributed by atoms with E-state index in [1.54, 1.807) is 12.2 Å². The van der Waals surface area contributed by atoms with Crippen LogP contribution in [0.25, 0.3) is 0 Å². The first-order valence-electron chi connectivity index (χ1n) is 7.42. The van der Waals surface area contributed by atoms with Crippen LogP contribution in [0.15, 0.2) is 15.0 Å². The fourth-order valence-corrected chi connectivity index (χ4v) is 2.20. The Kier molecular flexibility index (Phi) is 13.3. The first-order chi connectivity index (χ1) is 10.3. The Morgan fingerprint density at radius 3 is 2.14 bits per heavy atom. The molecule has 2 unspecified atom stereocenters. The number of aliphatic imine (C=N–C) groups is 3. The van der Waals surface area contributed by atoms with E-state index in [0.29, 0.717) is 19.0 Å². The highest BCUT2D eigenvalue weighted by Crippen LogP contribution is 2.17. The summed E-state index contributed by atoms with van der Waals surface area (Å²) >= 11 is 0. The summed E-state index contributed by atoms with van der Waals surface area (Å²) in [6, 6.07) is -0.0441. The third-order valence-electron chi connectivity index (χ3n) is 3.50. The van der Waals surface area contributed by atoms with Gasteiger partial charge in [0.05, 0.1) is 19.1 Å². The largest absolute Gasteiger partial charge is 0.235 e. The molecular weight excluding hydrogens is 270 g/mol. The van der Waals surface area contributed by atoms with E-state index in [9.17, 15) is 14.4 Å². The van der Waals surface area contributed by atoms with Crippen LogP contribution in [0.1, 0.15) is 51.9 Å². The molecular formula is C15H23N3O3. The molecule has 0 aromatic rings. The van der Waals surface area contributed by atoms with Gasteiger partial charge in [0.15, 0.2) is 0 Å². The minimum absolute atomic E-state index is 0.0441. The number of isocyanates is 3. The van der Waals surface area contributed by atoms with Crippen LogP contribution in [0.3, 0.4) is 0 Å². The maximum atomic E-state index is 10.4. The van der Waals surface area contributed by atoms with Gasteiger partial charge in [-0.2, -0.15) is 0 Å². The molecule has 0 fully saturated rings. The van der Waals surface area contributed by atoms with Gasteiger partial charge in [0.1, 0.15) is 0 Å². The second kappa shape index (κ2) is 14.5. The van der Waals surface area contributed by atoms with Crippen molar-refractivity contribution in [2.24, 2.45) is 20.9 Å². The zero-order valence-corrected chi connectivity index (χ0v) is 12.6. The highest BCUT2D eigenvalue weighted by Gasteiger charge is 2.09. The normalized spacial score (nSPS) is 12.4. The molecule has 6 heteroatoms. The molecule has 0 spiro atoms. The first kappa shape index (κ1) is 19.1. The van der Waals surface area contributed by atoms with Crippen LogP contribution in [0.4, 0.5) is 0 Å². The molecule has 0 aliphatic carbocycles. The van der Waals surface area contributed by atoms with Crippen LogP contribution < -0.4 is 0 Å². The molecule has 0 aromatic heterocycles. The molecule has 2 atom stereocenters. The van der Waals surface area contributed by atoms with Crippen molar-refractivity contribution in [3.05, 3.63) is 0 Å². The van der Waals surface area contributed by atoms with Crippen LogP contribution in [-0.2, 0) is 14.4 Å². The van der Waals surface area contributed by atoms with Crippen molar-refractivity contribution >= 4 is 18.2 Å². The highest BCUT2D eigenvalue weighted by molar-refractivity contribution is 5.33. The van der Waals surface area contributed by atoms with Crippen LogP contribution in [0.5, 0.6) is 0 Å². The minimum Gasteiger partial charge on any atom is -0.211 e. The topological polar surface area (TPSA) is 88.3 Å². The fraction of sp³-hybridized carbons (Fsp3) is 0.800. The van der Waals surface area contributed by atoms with Crippen molar-refractivity contribution in [2.75, 3.05) is 13.1 Å². The lowest BCUT2D eigenvalue weighted by molar-refractivity contribution is 0.434. The van der Waals surface area contributed by atoms with E-state index < -0.39 is 0 Å². The molecule has 0 bridgehead atoms. The number of rotatable bonds is 13. The Labute approximate surface area is 125 Å². The second-order valence-corrected chi connectivity index (χ2v) is 4.98. The molecule has 0 saturated heterocycles. The summed E-state index contributed by atoms with van der Waals surface area (Å²) in [5.41, 5.74) is 0. The summed E-state index contributed by atoms with van der Waals surface area (Å²) in [4.78, 5) is 41.3. The van der Waals surface area contributed by atoms with E-state index in [-0.39, 0.29) is 6.04 Å².